The van der Waals surface area contributed by atoms with Gasteiger partial charge in [0.25, 0.3) is 5.56 Å². The SMILES string of the molecule is C=C1NC(=O)N[C@@H](c2cc3ccc(C)cc3[nH]c2=O)[C@@H]1C(=O)OCC. The fraction of sp³-hybridized carbons (Fsp3) is 0.278. The molecule has 2 aromatic rings. The van der Waals surface area contributed by atoms with Crippen LogP contribution in [0.25, 0.3) is 10.9 Å². The molecule has 3 N–H and O–H groups in total. The summed E-state index contributed by atoms with van der Waals surface area (Å²) in [6, 6.07) is 5.98. The Morgan fingerprint density at radius 1 is 1.28 bits per heavy atom. The van der Waals surface area contributed by atoms with Crippen LogP contribution in [0.3, 0.4) is 0 Å². The average molecular weight is 341 g/mol. The van der Waals surface area contributed by atoms with Gasteiger partial charge in [-0.2, -0.15) is 0 Å². The van der Waals surface area contributed by atoms with E-state index in [0.717, 1.165) is 10.9 Å². The maximum Gasteiger partial charge on any atom is 0.319 e. The molecule has 2 atom stereocenters. The topological polar surface area (TPSA) is 100 Å². The number of carbonyl (C=O) groups excluding carboxylic acids is 2. The van der Waals surface area contributed by atoms with E-state index < -0.39 is 24.0 Å². The lowest BCUT2D eigenvalue weighted by molar-refractivity contribution is -0.147. The molecule has 1 aliphatic rings. The number of aryl methyl sites for hydroxylation is 1. The Morgan fingerprint density at radius 2 is 2.04 bits per heavy atom. The second kappa shape index (κ2) is 6.43. The van der Waals surface area contributed by atoms with E-state index >= 15 is 0 Å². The standard InChI is InChI=1S/C18H19N3O4/c1-4-25-17(23)14-10(3)19-18(24)21-15(14)12-8-11-6-5-9(2)7-13(11)20-16(12)22/h5-8,14-15H,3-4H2,1-2H3,(H,20,22)(H2,19,21,24)/t14-,15+/m1/s1. The molecule has 7 heteroatoms. The number of benzene rings is 1. The normalized spacial score (nSPS) is 20.1. The van der Waals surface area contributed by atoms with Crippen molar-refractivity contribution in [3.05, 3.63) is 58.0 Å². The highest BCUT2D eigenvalue weighted by Crippen LogP contribution is 2.29. The molecule has 0 radical (unpaired) electrons. The van der Waals surface area contributed by atoms with Crippen molar-refractivity contribution in [2.45, 2.75) is 19.9 Å². The third-order valence-electron chi connectivity index (χ3n) is 4.18. The van der Waals surface area contributed by atoms with E-state index in [1.54, 1.807) is 13.0 Å². The minimum absolute atomic E-state index is 0.191. The summed E-state index contributed by atoms with van der Waals surface area (Å²) >= 11 is 0. The van der Waals surface area contributed by atoms with Gasteiger partial charge in [0, 0.05) is 16.8 Å². The van der Waals surface area contributed by atoms with Crippen LogP contribution in [0, 0.1) is 12.8 Å². The molecule has 2 amide bonds. The van der Waals surface area contributed by atoms with Crippen LogP contribution in [0.4, 0.5) is 4.79 Å². The Balaban J connectivity index is 2.11. The number of fused-ring (bicyclic) bond motifs is 1. The van der Waals surface area contributed by atoms with Gasteiger partial charge in [0.1, 0.15) is 5.92 Å². The molecule has 0 aliphatic carbocycles. The lowest BCUT2D eigenvalue weighted by atomic mass is 9.89. The number of aromatic nitrogens is 1. The molecule has 0 bridgehead atoms. The van der Waals surface area contributed by atoms with E-state index in [2.05, 4.69) is 22.2 Å². The molecule has 25 heavy (non-hydrogen) atoms. The average Bonchev–Trinajstić information content (AvgIpc) is 2.53. The minimum atomic E-state index is -0.887. The van der Waals surface area contributed by atoms with Gasteiger partial charge < -0.3 is 20.4 Å². The van der Waals surface area contributed by atoms with Gasteiger partial charge in [-0.15, -0.1) is 0 Å². The van der Waals surface area contributed by atoms with Gasteiger partial charge in [-0.1, -0.05) is 18.7 Å². The first kappa shape index (κ1) is 16.8. The molecular weight excluding hydrogens is 322 g/mol. The van der Waals surface area contributed by atoms with Crippen molar-refractivity contribution in [3.8, 4) is 0 Å². The van der Waals surface area contributed by atoms with Gasteiger partial charge in [0.15, 0.2) is 0 Å². The van der Waals surface area contributed by atoms with Crippen LogP contribution in [-0.2, 0) is 9.53 Å². The van der Waals surface area contributed by atoms with Gasteiger partial charge in [-0.3, -0.25) is 9.59 Å². The van der Waals surface area contributed by atoms with E-state index in [0.29, 0.717) is 5.52 Å². The molecule has 0 spiro atoms. The van der Waals surface area contributed by atoms with Crippen molar-refractivity contribution in [1.29, 1.82) is 0 Å². The number of carbonyl (C=O) groups is 2. The number of amides is 2. The highest BCUT2D eigenvalue weighted by atomic mass is 16.5. The van der Waals surface area contributed by atoms with Gasteiger partial charge >= 0.3 is 12.0 Å². The quantitative estimate of drug-likeness (QED) is 0.742. The first-order chi connectivity index (χ1) is 11.9. The van der Waals surface area contributed by atoms with Crippen molar-refractivity contribution < 1.29 is 14.3 Å². The van der Waals surface area contributed by atoms with Crippen LogP contribution in [0.1, 0.15) is 24.1 Å². The van der Waals surface area contributed by atoms with Crippen molar-refractivity contribution >= 4 is 22.9 Å². The lowest BCUT2D eigenvalue weighted by Crippen LogP contribution is -2.52. The van der Waals surface area contributed by atoms with E-state index in [9.17, 15) is 14.4 Å². The highest BCUT2D eigenvalue weighted by Gasteiger charge is 2.40. The van der Waals surface area contributed by atoms with Gasteiger partial charge in [-0.05, 0) is 36.9 Å². The van der Waals surface area contributed by atoms with Crippen molar-refractivity contribution in [2.75, 3.05) is 6.61 Å². The fourth-order valence-electron chi connectivity index (χ4n) is 3.02. The summed E-state index contributed by atoms with van der Waals surface area (Å²) in [7, 11) is 0. The largest absolute Gasteiger partial charge is 0.465 e. The number of H-pyrrole nitrogens is 1. The number of rotatable bonds is 3. The second-order valence-electron chi connectivity index (χ2n) is 5.98. The summed E-state index contributed by atoms with van der Waals surface area (Å²) in [5.74, 6) is -1.44. The lowest BCUT2D eigenvalue weighted by Gasteiger charge is -2.32. The Bertz CT molecular complexity index is 932. The van der Waals surface area contributed by atoms with Crippen molar-refractivity contribution in [2.24, 2.45) is 5.92 Å². The van der Waals surface area contributed by atoms with Crippen molar-refractivity contribution in [3.63, 3.8) is 0 Å². The summed E-state index contributed by atoms with van der Waals surface area (Å²) in [6.07, 6.45) is 0. The maximum atomic E-state index is 12.6. The van der Waals surface area contributed by atoms with Crippen molar-refractivity contribution in [1.82, 2.24) is 15.6 Å². The molecule has 1 saturated heterocycles. The number of aromatic amines is 1. The summed E-state index contributed by atoms with van der Waals surface area (Å²) in [5, 5.41) is 5.92. The zero-order valence-electron chi connectivity index (χ0n) is 14.0. The molecule has 2 heterocycles. The molecular formula is C18H19N3O4. The highest BCUT2D eigenvalue weighted by molar-refractivity contribution is 5.86. The Labute approximate surface area is 144 Å². The number of nitrogens with one attached hydrogen (secondary N) is 3. The van der Waals surface area contributed by atoms with E-state index in [1.807, 2.05) is 25.1 Å². The Hall–Kier alpha value is -3.09. The molecule has 130 valence electrons. The molecule has 0 unspecified atom stereocenters. The zero-order chi connectivity index (χ0) is 18.1. The van der Waals surface area contributed by atoms with Gasteiger partial charge in [-0.25, -0.2) is 4.79 Å². The number of esters is 1. The maximum absolute atomic E-state index is 12.6. The van der Waals surface area contributed by atoms with E-state index in [-0.39, 0.29) is 23.4 Å². The molecule has 1 fully saturated rings. The molecule has 3 rings (SSSR count). The molecule has 7 nitrogen and oxygen atoms in total. The van der Waals surface area contributed by atoms with Crippen LogP contribution in [0.15, 0.2) is 41.3 Å². The predicted molar refractivity (Wildman–Crippen MR) is 93.0 cm³/mol. The predicted octanol–water partition coefficient (Wildman–Crippen LogP) is 1.88. The third-order valence-corrected chi connectivity index (χ3v) is 4.18. The zero-order valence-corrected chi connectivity index (χ0v) is 14.0. The van der Waals surface area contributed by atoms with E-state index in [1.165, 1.54) is 0 Å². The third kappa shape index (κ3) is 3.13. The molecule has 1 aromatic heterocycles. The van der Waals surface area contributed by atoms with Crippen LogP contribution < -0.4 is 16.2 Å². The minimum Gasteiger partial charge on any atom is -0.465 e. The van der Waals surface area contributed by atoms with Crippen LogP contribution in [-0.4, -0.2) is 23.6 Å². The number of hydrogen-bond donors (Lipinski definition) is 3. The summed E-state index contributed by atoms with van der Waals surface area (Å²) in [5.41, 5.74) is 1.83. The number of hydrogen-bond acceptors (Lipinski definition) is 4. The summed E-state index contributed by atoms with van der Waals surface area (Å²) in [6.45, 7) is 7.55. The van der Waals surface area contributed by atoms with Crippen LogP contribution in [0.5, 0.6) is 0 Å². The van der Waals surface area contributed by atoms with Crippen LogP contribution in [0.2, 0.25) is 0 Å². The Kier molecular flexibility index (Phi) is 4.31. The summed E-state index contributed by atoms with van der Waals surface area (Å²) < 4.78 is 5.08. The fourth-order valence-corrected chi connectivity index (χ4v) is 3.02. The number of urea groups is 1. The van der Waals surface area contributed by atoms with Gasteiger partial charge in [0.05, 0.1) is 12.6 Å². The van der Waals surface area contributed by atoms with E-state index in [4.69, 9.17) is 4.74 Å². The Morgan fingerprint density at radius 3 is 2.76 bits per heavy atom. The molecule has 0 saturated carbocycles. The second-order valence-corrected chi connectivity index (χ2v) is 5.98. The smallest absolute Gasteiger partial charge is 0.319 e. The molecule has 1 aromatic carbocycles. The first-order valence-electron chi connectivity index (χ1n) is 7.97. The van der Waals surface area contributed by atoms with Crippen LogP contribution >= 0.6 is 0 Å². The molecule has 1 aliphatic heterocycles. The van der Waals surface area contributed by atoms with Gasteiger partial charge in [0.2, 0.25) is 0 Å². The number of pyridine rings is 1. The monoisotopic (exact) mass is 341 g/mol. The number of ether oxygens (including phenoxy) is 1. The summed E-state index contributed by atoms with van der Waals surface area (Å²) in [4.78, 5) is 39.6. The first-order valence-corrected chi connectivity index (χ1v) is 7.97.